The third kappa shape index (κ3) is 1.77. The molecule has 62 valence electrons. The molecular formula is C7H11NO3. The second-order valence-corrected chi connectivity index (χ2v) is 2.55. The van der Waals surface area contributed by atoms with Crippen molar-refractivity contribution in [3.63, 3.8) is 0 Å². The van der Waals surface area contributed by atoms with Crippen molar-refractivity contribution in [1.82, 2.24) is 4.90 Å². The van der Waals surface area contributed by atoms with Gasteiger partial charge >= 0.3 is 0 Å². The lowest BCUT2D eigenvalue weighted by Gasteiger charge is -2.23. The molecule has 0 aromatic carbocycles. The molecule has 0 aromatic rings. The quantitative estimate of drug-likeness (QED) is 0.559. The first-order valence-electron chi connectivity index (χ1n) is 3.70. The zero-order valence-electron chi connectivity index (χ0n) is 6.25. The molecule has 0 radical (unpaired) electrons. The molecule has 0 aliphatic carbocycles. The van der Waals surface area contributed by atoms with Gasteiger partial charge in [0, 0.05) is 13.0 Å². The molecule has 0 aromatic heterocycles. The van der Waals surface area contributed by atoms with Crippen LogP contribution >= 0.6 is 0 Å². The van der Waals surface area contributed by atoms with E-state index in [-0.39, 0.29) is 5.91 Å². The maximum atomic E-state index is 11.0. The first-order valence-corrected chi connectivity index (χ1v) is 3.70. The fourth-order valence-electron chi connectivity index (χ4n) is 1.15. The average molecular weight is 157 g/mol. The van der Waals surface area contributed by atoms with E-state index < -0.39 is 12.5 Å². The van der Waals surface area contributed by atoms with Crippen molar-refractivity contribution in [1.29, 1.82) is 0 Å². The number of imide groups is 1. The predicted octanol–water partition coefficient (Wildman–Crippen LogP) is -0.482. The number of carbonyl (C=O) groups excluding carboxylic acids is 2. The van der Waals surface area contributed by atoms with Gasteiger partial charge in [-0.1, -0.05) is 0 Å². The number of aliphatic hydroxyl groups is 1. The predicted molar refractivity (Wildman–Crippen MR) is 37.7 cm³/mol. The number of rotatable bonds is 1. The Kier molecular flexibility index (Phi) is 2.59. The van der Waals surface area contributed by atoms with Crippen LogP contribution in [0.2, 0.25) is 0 Å². The third-order valence-corrected chi connectivity index (χ3v) is 1.76. The summed E-state index contributed by atoms with van der Waals surface area (Å²) in [4.78, 5) is 22.9. The summed E-state index contributed by atoms with van der Waals surface area (Å²) in [5, 5.41) is 8.46. The minimum absolute atomic E-state index is 0.157. The summed E-state index contributed by atoms with van der Waals surface area (Å²) in [6, 6.07) is 0. The number of piperidine rings is 1. The summed E-state index contributed by atoms with van der Waals surface area (Å²) in [5.41, 5.74) is 0. The van der Waals surface area contributed by atoms with Crippen LogP contribution in [0.1, 0.15) is 19.3 Å². The van der Waals surface area contributed by atoms with Crippen LogP contribution in [0.4, 0.5) is 0 Å². The van der Waals surface area contributed by atoms with E-state index in [1.165, 1.54) is 0 Å². The van der Waals surface area contributed by atoms with Crippen molar-refractivity contribution in [2.75, 3.05) is 13.2 Å². The summed E-state index contributed by atoms with van der Waals surface area (Å²) in [7, 11) is 0. The molecule has 1 aliphatic heterocycles. The topological polar surface area (TPSA) is 57.6 Å². The van der Waals surface area contributed by atoms with Crippen LogP contribution < -0.4 is 0 Å². The molecule has 1 rings (SSSR count). The largest absolute Gasteiger partial charge is 0.387 e. The number of amides is 2. The third-order valence-electron chi connectivity index (χ3n) is 1.76. The maximum Gasteiger partial charge on any atom is 0.254 e. The van der Waals surface area contributed by atoms with Crippen molar-refractivity contribution in [2.45, 2.75) is 19.3 Å². The monoisotopic (exact) mass is 157 g/mol. The molecule has 2 amide bonds. The van der Waals surface area contributed by atoms with Gasteiger partial charge in [-0.2, -0.15) is 0 Å². The first kappa shape index (κ1) is 8.20. The van der Waals surface area contributed by atoms with E-state index in [1.807, 2.05) is 0 Å². The van der Waals surface area contributed by atoms with Gasteiger partial charge in [0.05, 0.1) is 0 Å². The second-order valence-electron chi connectivity index (χ2n) is 2.55. The summed E-state index contributed by atoms with van der Waals surface area (Å²) in [6.07, 6.45) is 2.15. The number of aliphatic hydroxyl groups excluding tert-OH is 1. The molecule has 4 heteroatoms. The van der Waals surface area contributed by atoms with Gasteiger partial charge in [0.1, 0.15) is 6.61 Å². The molecule has 11 heavy (non-hydrogen) atoms. The molecular weight excluding hydrogens is 146 g/mol. The highest BCUT2D eigenvalue weighted by Gasteiger charge is 2.22. The van der Waals surface area contributed by atoms with Gasteiger partial charge in [0.2, 0.25) is 5.91 Å². The van der Waals surface area contributed by atoms with Crippen LogP contribution in [-0.2, 0) is 9.59 Å². The Balaban J connectivity index is 2.54. The Hall–Kier alpha value is -0.900. The van der Waals surface area contributed by atoms with E-state index in [0.717, 1.165) is 17.7 Å². The Morgan fingerprint density at radius 2 is 2.27 bits per heavy atom. The van der Waals surface area contributed by atoms with Crippen molar-refractivity contribution in [3.8, 4) is 0 Å². The second kappa shape index (κ2) is 3.48. The smallest absolute Gasteiger partial charge is 0.254 e. The molecule has 1 N–H and O–H groups in total. The van der Waals surface area contributed by atoms with E-state index in [9.17, 15) is 9.59 Å². The van der Waals surface area contributed by atoms with E-state index >= 15 is 0 Å². The zero-order chi connectivity index (χ0) is 8.27. The SMILES string of the molecule is O=C(CO)N1CCCCC1=O. The minimum atomic E-state index is -0.564. The van der Waals surface area contributed by atoms with Gasteiger partial charge in [-0.25, -0.2) is 0 Å². The highest BCUT2D eigenvalue weighted by molar-refractivity contribution is 5.96. The lowest BCUT2D eigenvalue weighted by atomic mass is 10.1. The fraction of sp³-hybridized carbons (Fsp3) is 0.714. The molecule has 0 spiro atoms. The highest BCUT2D eigenvalue weighted by Crippen LogP contribution is 2.09. The first-order chi connectivity index (χ1) is 5.25. The van der Waals surface area contributed by atoms with Gasteiger partial charge in [0.25, 0.3) is 5.91 Å². The van der Waals surface area contributed by atoms with E-state index in [2.05, 4.69) is 0 Å². The Morgan fingerprint density at radius 1 is 1.55 bits per heavy atom. The van der Waals surface area contributed by atoms with E-state index in [0.29, 0.717) is 13.0 Å². The zero-order valence-corrected chi connectivity index (χ0v) is 6.25. The number of hydrogen-bond donors (Lipinski definition) is 1. The van der Waals surface area contributed by atoms with E-state index in [1.54, 1.807) is 0 Å². The summed E-state index contributed by atoms with van der Waals surface area (Å²) in [6.45, 7) is -0.0933. The van der Waals surface area contributed by atoms with Crippen molar-refractivity contribution >= 4 is 11.8 Å². The molecule has 0 bridgehead atoms. The van der Waals surface area contributed by atoms with Gasteiger partial charge in [0.15, 0.2) is 0 Å². The number of carbonyl (C=O) groups is 2. The Labute approximate surface area is 64.8 Å². The number of hydrogen-bond acceptors (Lipinski definition) is 3. The van der Waals surface area contributed by atoms with Crippen molar-refractivity contribution < 1.29 is 14.7 Å². The average Bonchev–Trinajstić information content (AvgIpc) is 2.04. The standard InChI is InChI=1S/C7H11NO3/c9-5-7(11)8-4-2-1-3-6(8)10/h9H,1-5H2. The van der Waals surface area contributed by atoms with Gasteiger partial charge in [-0.15, -0.1) is 0 Å². The minimum Gasteiger partial charge on any atom is -0.387 e. The molecule has 0 atom stereocenters. The van der Waals surface area contributed by atoms with Gasteiger partial charge < -0.3 is 5.11 Å². The number of likely N-dealkylation sites (tertiary alicyclic amines) is 1. The molecule has 4 nitrogen and oxygen atoms in total. The Morgan fingerprint density at radius 3 is 2.82 bits per heavy atom. The van der Waals surface area contributed by atoms with Gasteiger partial charge in [-0.05, 0) is 12.8 Å². The highest BCUT2D eigenvalue weighted by atomic mass is 16.3. The normalized spacial score (nSPS) is 18.6. The van der Waals surface area contributed by atoms with Crippen molar-refractivity contribution in [3.05, 3.63) is 0 Å². The van der Waals surface area contributed by atoms with Crippen LogP contribution in [0, 0.1) is 0 Å². The Bertz CT molecular complexity index is 171. The lowest BCUT2D eigenvalue weighted by molar-refractivity contribution is -0.148. The van der Waals surface area contributed by atoms with Crippen LogP contribution in [0.3, 0.4) is 0 Å². The summed E-state index contributed by atoms with van der Waals surface area (Å²) in [5.74, 6) is -0.634. The fourth-order valence-corrected chi connectivity index (χ4v) is 1.15. The summed E-state index contributed by atoms with van der Waals surface area (Å²) >= 11 is 0. The molecule has 1 fully saturated rings. The molecule has 1 aliphatic rings. The van der Waals surface area contributed by atoms with Crippen LogP contribution in [0.5, 0.6) is 0 Å². The number of nitrogens with zero attached hydrogens (tertiary/aromatic N) is 1. The van der Waals surface area contributed by atoms with Crippen LogP contribution in [0.25, 0.3) is 0 Å². The summed E-state index contributed by atoms with van der Waals surface area (Å²) < 4.78 is 0. The maximum absolute atomic E-state index is 11.0. The van der Waals surface area contributed by atoms with E-state index in [4.69, 9.17) is 5.11 Å². The molecule has 0 unspecified atom stereocenters. The van der Waals surface area contributed by atoms with Gasteiger partial charge in [-0.3, -0.25) is 14.5 Å². The molecule has 0 saturated carbocycles. The molecule has 1 heterocycles. The van der Waals surface area contributed by atoms with Crippen LogP contribution in [-0.4, -0.2) is 35.0 Å². The van der Waals surface area contributed by atoms with Crippen molar-refractivity contribution in [2.24, 2.45) is 0 Å². The van der Waals surface area contributed by atoms with Crippen LogP contribution in [0.15, 0.2) is 0 Å². The molecule has 1 saturated heterocycles. The lowest BCUT2D eigenvalue weighted by Crippen LogP contribution is -2.41.